The number of aliphatic hydroxyl groups is 1. The average Bonchev–Trinajstić information content (AvgIpc) is 3.64. The Morgan fingerprint density at radius 2 is 0.435 bits per heavy atom. The molecular weight excluding hydrogens is 1120 g/mol. The number of unbranched alkanes of at least 4 members (excludes halogenated alkanes) is 16. The fourth-order valence-corrected chi connectivity index (χ4v) is 9.26. The van der Waals surface area contributed by atoms with E-state index in [4.69, 9.17) is 9.47 Å². The van der Waals surface area contributed by atoms with Crippen LogP contribution in [0.5, 0.6) is 0 Å². The van der Waals surface area contributed by atoms with Crippen LogP contribution in [0.25, 0.3) is 0 Å². The second kappa shape index (κ2) is 78.9. The topological polar surface area (TPSA) is 72.8 Å². The lowest BCUT2D eigenvalue weighted by molar-refractivity contribution is -0.161. The summed E-state index contributed by atoms with van der Waals surface area (Å²) in [5, 5.41) is 9.71. The van der Waals surface area contributed by atoms with Crippen LogP contribution in [0.15, 0.2) is 243 Å². The number of hydrogen-bond donors (Lipinski definition) is 1. The minimum absolute atomic E-state index is 0.0889. The highest BCUT2D eigenvalue weighted by molar-refractivity contribution is 5.70. The minimum atomic E-state index is -0.801. The van der Waals surface area contributed by atoms with E-state index in [0.717, 1.165) is 180 Å². The van der Waals surface area contributed by atoms with E-state index in [1.807, 2.05) is 0 Å². The number of allylic oxidation sites excluding steroid dienone is 40. The molecule has 0 amide bonds. The third kappa shape index (κ3) is 76.2. The lowest BCUT2D eigenvalue weighted by Crippen LogP contribution is -2.28. The zero-order chi connectivity index (χ0) is 66.1. The van der Waals surface area contributed by atoms with Gasteiger partial charge in [0.05, 0.1) is 6.61 Å². The summed E-state index contributed by atoms with van der Waals surface area (Å²) < 4.78 is 10.7. The van der Waals surface area contributed by atoms with Crippen LogP contribution in [0.3, 0.4) is 0 Å². The van der Waals surface area contributed by atoms with Gasteiger partial charge in [-0.2, -0.15) is 0 Å². The van der Waals surface area contributed by atoms with E-state index in [1.165, 1.54) is 64.2 Å². The van der Waals surface area contributed by atoms with Crippen LogP contribution in [0, 0.1) is 0 Å². The zero-order valence-corrected chi connectivity index (χ0v) is 58.5. The summed E-state index contributed by atoms with van der Waals surface area (Å²) in [6.45, 7) is 3.89. The number of carbonyl (C=O) groups is 2. The number of aliphatic hydroxyl groups excluding tert-OH is 1. The summed E-state index contributed by atoms with van der Waals surface area (Å²) in [7, 11) is 0. The molecule has 0 fully saturated rings. The monoisotopic (exact) mass is 1260 g/mol. The molecule has 0 saturated heterocycles. The predicted molar refractivity (Wildman–Crippen MR) is 407 cm³/mol. The van der Waals surface area contributed by atoms with Gasteiger partial charge < -0.3 is 14.6 Å². The first-order chi connectivity index (χ1) is 45.6. The molecule has 5 heteroatoms. The van der Waals surface area contributed by atoms with E-state index >= 15 is 0 Å². The largest absolute Gasteiger partial charge is 0.462 e. The van der Waals surface area contributed by atoms with Crippen molar-refractivity contribution >= 4 is 11.9 Å². The van der Waals surface area contributed by atoms with Gasteiger partial charge in [-0.1, -0.05) is 334 Å². The van der Waals surface area contributed by atoms with Crippen LogP contribution >= 0.6 is 0 Å². The van der Waals surface area contributed by atoms with Crippen LogP contribution in [0.2, 0.25) is 0 Å². The lowest BCUT2D eigenvalue weighted by atomic mass is 10.1. The molecule has 0 aliphatic heterocycles. The van der Waals surface area contributed by atoms with E-state index in [0.29, 0.717) is 12.8 Å². The average molecular weight is 1260 g/mol. The van der Waals surface area contributed by atoms with Crippen molar-refractivity contribution in [3.8, 4) is 0 Å². The van der Waals surface area contributed by atoms with Gasteiger partial charge in [-0.25, -0.2) is 0 Å². The highest BCUT2D eigenvalue weighted by Crippen LogP contribution is 2.14. The molecule has 510 valence electrons. The van der Waals surface area contributed by atoms with Gasteiger partial charge in [-0.3, -0.25) is 9.59 Å². The third-order valence-corrected chi connectivity index (χ3v) is 14.6. The Labute approximate surface area is 566 Å². The molecule has 0 radical (unpaired) electrons. The fraction of sp³-hybridized carbons (Fsp3) is 0.517. The molecule has 0 aromatic heterocycles. The molecule has 0 aromatic carbocycles. The van der Waals surface area contributed by atoms with Gasteiger partial charge in [0.25, 0.3) is 0 Å². The quantitative estimate of drug-likeness (QED) is 0.0373. The van der Waals surface area contributed by atoms with Crippen LogP contribution in [0.4, 0.5) is 0 Å². The summed E-state index contributed by atoms with van der Waals surface area (Å²) in [5.41, 5.74) is 0. The molecule has 0 aromatic rings. The molecule has 5 nitrogen and oxygen atoms in total. The molecule has 0 aliphatic rings. The van der Waals surface area contributed by atoms with Crippen molar-refractivity contribution in [1.29, 1.82) is 0 Å². The molecule has 92 heavy (non-hydrogen) atoms. The van der Waals surface area contributed by atoms with Crippen molar-refractivity contribution < 1.29 is 24.2 Å². The second-order valence-electron chi connectivity index (χ2n) is 23.2. The van der Waals surface area contributed by atoms with Crippen molar-refractivity contribution in [1.82, 2.24) is 0 Å². The van der Waals surface area contributed by atoms with Gasteiger partial charge in [0.1, 0.15) is 6.61 Å². The first-order valence-electron chi connectivity index (χ1n) is 36.6. The maximum Gasteiger partial charge on any atom is 0.306 e. The molecule has 0 saturated carbocycles. The van der Waals surface area contributed by atoms with E-state index in [-0.39, 0.29) is 25.2 Å². The summed E-state index contributed by atoms with van der Waals surface area (Å²) in [5.74, 6) is -0.626. The molecule has 0 spiro atoms. The maximum absolute atomic E-state index is 12.4. The van der Waals surface area contributed by atoms with Crippen LogP contribution in [-0.2, 0) is 19.1 Å². The first-order valence-corrected chi connectivity index (χ1v) is 36.6. The summed E-state index contributed by atoms with van der Waals surface area (Å²) in [6, 6.07) is 0. The minimum Gasteiger partial charge on any atom is -0.462 e. The lowest BCUT2D eigenvalue weighted by Gasteiger charge is -2.15. The maximum atomic E-state index is 12.4. The van der Waals surface area contributed by atoms with Crippen molar-refractivity contribution in [2.75, 3.05) is 13.2 Å². The SMILES string of the molecule is CC/C=C\C/C=C\C/C=C\C/C=C\C/C=C\C/C=C\C/C=C\C/C=C\C/C=C\C/C=C\C/C=C\CCCCCCCCCC(=O)OC(CO)COC(=O)CCCCCCCCCCC/C=C\C/C=C\C/C=C\C/C=C\C/C=C\C/C=C\C/C=C\C/C=C\C/C=C\CC. The highest BCUT2D eigenvalue weighted by Gasteiger charge is 2.16. The molecular formula is C87H132O5. The Morgan fingerprint density at radius 3 is 0.652 bits per heavy atom. The van der Waals surface area contributed by atoms with Gasteiger partial charge in [0.15, 0.2) is 6.10 Å². The second-order valence-corrected chi connectivity index (χ2v) is 23.2. The standard InChI is InChI=1S/C87H132O5/c1-3-5-7-9-11-13-15-17-19-21-23-25-27-29-31-33-35-37-39-41-42-43-44-46-48-50-52-54-56-58-60-62-64-66-68-70-72-74-76-78-80-82-87(90)92-85(83-88)84-91-86(89)81-79-77-75-73-71-69-67-65-63-61-59-57-55-53-51-49-47-45-40-38-36-34-32-30-28-26-24-22-20-18-16-14-12-10-8-6-4-2/h5-8,11-14,17-20,23-26,29-32,35-38,41-42,44-47,50-53,56-59,62,64,85,88H,3-4,9-10,15-16,21-22,27-28,33-34,39-40,43,48-49,54-55,60-61,63,65-84H2,1-2H3/b7-5-,8-6-,13-11-,14-12-,19-17-,20-18-,25-23-,26-24-,31-29-,32-30-,37-35-,38-36-,42-41-,46-44-,47-45-,52-50-,53-51-,58-56-,59-57-,64-62-. The zero-order valence-electron chi connectivity index (χ0n) is 58.5. The number of ether oxygens (including phenoxy) is 2. The molecule has 0 bridgehead atoms. The van der Waals surface area contributed by atoms with Crippen molar-refractivity contribution in [3.05, 3.63) is 243 Å². The van der Waals surface area contributed by atoms with Crippen LogP contribution < -0.4 is 0 Å². The summed E-state index contributed by atoms with van der Waals surface area (Å²) in [6.07, 6.45) is 130. The summed E-state index contributed by atoms with van der Waals surface area (Å²) >= 11 is 0. The Morgan fingerprint density at radius 1 is 0.250 bits per heavy atom. The molecule has 1 unspecified atom stereocenters. The molecule has 0 heterocycles. The smallest absolute Gasteiger partial charge is 0.306 e. The summed E-state index contributed by atoms with van der Waals surface area (Å²) in [4.78, 5) is 24.7. The van der Waals surface area contributed by atoms with Crippen molar-refractivity contribution in [3.63, 3.8) is 0 Å². The highest BCUT2D eigenvalue weighted by atomic mass is 16.6. The predicted octanol–water partition coefficient (Wildman–Crippen LogP) is 26.2. The van der Waals surface area contributed by atoms with E-state index in [2.05, 4.69) is 257 Å². The van der Waals surface area contributed by atoms with Crippen LogP contribution in [-0.4, -0.2) is 36.4 Å². The molecule has 0 aliphatic carbocycles. The number of rotatable bonds is 64. The Kier molecular flexibility index (Phi) is 73.5. The fourth-order valence-electron chi connectivity index (χ4n) is 9.26. The van der Waals surface area contributed by atoms with E-state index in [1.54, 1.807) is 0 Å². The van der Waals surface area contributed by atoms with Crippen molar-refractivity contribution in [2.45, 2.75) is 277 Å². The van der Waals surface area contributed by atoms with E-state index < -0.39 is 6.10 Å². The van der Waals surface area contributed by atoms with Gasteiger partial charge in [0, 0.05) is 12.8 Å². The number of carbonyl (C=O) groups excluding carboxylic acids is 2. The molecule has 0 rings (SSSR count). The van der Waals surface area contributed by atoms with Gasteiger partial charge in [0.2, 0.25) is 0 Å². The van der Waals surface area contributed by atoms with Gasteiger partial charge in [-0.05, 0) is 167 Å². The van der Waals surface area contributed by atoms with E-state index in [9.17, 15) is 14.7 Å². The number of hydrogen-bond acceptors (Lipinski definition) is 5. The van der Waals surface area contributed by atoms with Gasteiger partial charge in [-0.15, -0.1) is 0 Å². The third-order valence-electron chi connectivity index (χ3n) is 14.6. The van der Waals surface area contributed by atoms with Crippen LogP contribution in [0.1, 0.15) is 271 Å². The van der Waals surface area contributed by atoms with Crippen molar-refractivity contribution in [2.24, 2.45) is 0 Å². The Balaban J connectivity index is 3.64. The molecule has 1 N–H and O–H groups in total. The first kappa shape index (κ1) is 85.7. The normalized spacial score (nSPS) is 13.7. The number of esters is 2. The van der Waals surface area contributed by atoms with Gasteiger partial charge >= 0.3 is 11.9 Å². The Bertz CT molecular complexity index is 2270. The Hall–Kier alpha value is -6.30. The molecule has 1 atom stereocenters.